The van der Waals surface area contributed by atoms with E-state index < -0.39 is 0 Å². The van der Waals surface area contributed by atoms with Gasteiger partial charge in [0.25, 0.3) is 0 Å². The number of rotatable bonds is 8. The number of guanidine groups is 1. The smallest absolute Gasteiger partial charge is 0.213 e. The molecule has 0 aliphatic rings. The predicted octanol–water partition coefficient (Wildman–Crippen LogP) is 3.21. The molecule has 1 heterocycles. The Hall–Kier alpha value is -2.67. The van der Waals surface area contributed by atoms with E-state index in [1.165, 1.54) is 0 Å². The van der Waals surface area contributed by atoms with E-state index in [9.17, 15) is 0 Å². The lowest BCUT2D eigenvalue weighted by Gasteiger charge is -2.14. The van der Waals surface area contributed by atoms with Crippen LogP contribution in [0.5, 0.6) is 17.4 Å². The normalized spacial score (nSPS) is 11.0. The molecule has 7 nitrogen and oxygen atoms in total. The first kappa shape index (κ1) is 19.7. The Kier molecular flexibility index (Phi) is 7.82. The Morgan fingerprint density at radius 2 is 2.04 bits per heavy atom. The molecule has 0 aliphatic heterocycles. The number of ether oxygens (including phenoxy) is 3. The van der Waals surface area contributed by atoms with Crippen LogP contribution in [0.4, 0.5) is 5.69 Å². The number of pyridine rings is 1. The summed E-state index contributed by atoms with van der Waals surface area (Å²) in [6, 6.07) is 9.06. The Balaban J connectivity index is 1.84. The number of benzene rings is 1. The maximum absolute atomic E-state index is 5.79. The van der Waals surface area contributed by atoms with Crippen LogP contribution < -0.4 is 24.8 Å². The van der Waals surface area contributed by atoms with Gasteiger partial charge in [0.05, 0.1) is 25.3 Å². The lowest BCUT2D eigenvalue weighted by Crippen LogP contribution is -2.33. The quantitative estimate of drug-likeness (QED) is 0.417. The molecule has 0 amide bonds. The first-order chi connectivity index (χ1) is 12.7. The molecule has 0 aliphatic carbocycles. The van der Waals surface area contributed by atoms with Crippen LogP contribution in [0.3, 0.4) is 0 Å². The topological polar surface area (TPSA) is 77.0 Å². The minimum atomic E-state index is 0.432. The average molecular weight is 379 g/mol. The lowest BCUT2D eigenvalue weighted by molar-refractivity contribution is 0.310. The van der Waals surface area contributed by atoms with Gasteiger partial charge in [-0.2, -0.15) is 0 Å². The maximum atomic E-state index is 5.79. The second kappa shape index (κ2) is 10.4. The fourth-order valence-corrected chi connectivity index (χ4v) is 2.22. The number of anilines is 1. The molecule has 0 fully saturated rings. The summed E-state index contributed by atoms with van der Waals surface area (Å²) in [5, 5.41) is 6.93. The molecule has 0 saturated carbocycles. The number of methoxy groups -OCH3 is 1. The molecule has 2 N–H and O–H groups in total. The van der Waals surface area contributed by atoms with Gasteiger partial charge < -0.3 is 24.8 Å². The summed E-state index contributed by atoms with van der Waals surface area (Å²) in [6.07, 6.45) is 1.55. The van der Waals surface area contributed by atoms with E-state index in [4.69, 9.17) is 25.8 Å². The van der Waals surface area contributed by atoms with Crippen LogP contribution in [0.2, 0.25) is 5.02 Å². The van der Waals surface area contributed by atoms with E-state index in [-0.39, 0.29) is 0 Å². The molecule has 1 aromatic heterocycles. The van der Waals surface area contributed by atoms with Gasteiger partial charge in [0.15, 0.2) is 17.5 Å². The van der Waals surface area contributed by atoms with Gasteiger partial charge in [0.1, 0.15) is 6.61 Å². The van der Waals surface area contributed by atoms with Crippen molar-refractivity contribution in [2.24, 2.45) is 4.99 Å². The summed E-state index contributed by atoms with van der Waals surface area (Å²) in [4.78, 5) is 8.26. The van der Waals surface area contributed by atoms with Gasteiger partial charge in [-0.15, -0.1) is 0 Å². The average Bonchev–Trinajstić information content (AvgIpc) is 2.66. The number of hydrogen-bond acceptors (Lipinski definition) is 5. The van der Waals surface area contributed by atoms with Gasteiger partial charge in [-0.3, -0.25) is 4.99 Å². The van der Waals surface area contributed by atoms with Crippen molar-refractivity contribution < 1.29 is 14.2 Å². The summed E-state index contributed by atoms with van der Waals surface area (Å²) < 4.78 is 16.4. The Morgan fingerprint density at radius 3 is 2.69 bits per heavy atom. The minimum Gasteiger partial charge on any atom is -0.493 e. The molecule has 0 spiro atoms. The molecule has 26 heavy (non-hydrogen) atoms. The fraction of sp³-hybridized carbons (Fsp3) is 0.333. The third kappa shape index (κ3) is 6.00. The van der Waals surface area contributed by atoms with Crippen LogP contribution in [0.25, 0.3) is 0 Å². The highest BCUT2D eigenvalue weighted by molar-refractivity contribution is 6.30. The van der Waals surface area contributed by atoms with E-state index in [0.29, 0.717) is 48.1 Å². The van der Waals surface area contributed by atoms with Gasteiger partial charge in [0, 0.05) is 31.1 Å². The van der Waals surface area contributed by atoms with Gasteiger partial charge in [-0.25, -0.2) is 4.98 Å². The fourth-order valence-electron chi connectivity index (χ4n) is 2.11. The lowest BCUT2D eigenvalue weighted by atomic mass is 10.2. The van der Waals surface area contributed by atoms with Crippen molar-refractivity contribution in [2.75, 3.05) is 39.2 Å². The number of aromatic nitrogens is 1. The van der Waals surface area contributed by atoms with Gasteiger partial charge in [0.2, 0.25) is 5.88 Å². The third-order valence-corrected chi connectivity index (χ3v) is 3.52. The summed E-state index contributed by atoms with van der Waals surface area (Å²) in [5.41, 5.74) is 0.832. The molecule has 140 valence electrons. The number of halogens is 1. The Bertz CT molecular complexity index is 723. The molecule has 1 aromatic carbocycles. The Morgan fingerprint density at radius 1 is 1.19 bits per heavy atom. The standard InChI is InChI=1S/C18H23ClN4O3/c1-4-25-15-7-6-14(11-16(15)24-3)23-18(20-2)21-9-10-26-17-8-5-13(19)12-22-17/h5-8,11-12H,4,9-10H2,1-3H3,(H2,20,21,23). The predicted molar refractivity (Wildman–Crippen MR) is 104 cm³/mol. The summed E-state index contributed by atoms with van der Waals surface area (Å²) in [6.45, 7) is 3.49. The van der Waals surface area contributed by atoms with Crippen LogP contribution in [-0.4, -0.2) is 44.9 Å². The first-order valence-corrected chi connectivity index (χ1v) is 8.57. The molecular formula is C18H23ClN4O3. The highest BCUT2D eigenvalue weighted by Crippen LogP contribution is 2.30. The molecule has 0 bridgehead atoms. The van der Waals surface area contributed by atoms with Crippen molar-refractivity contribution >= 4 is 23.2 Å². The third-order valence-electron chi connectivity index (χ3n) is 3.29. The van der Waals surface area contributed by atoms with Crippen molar-refractivity contribution in [1.29, 1.82) is 0 Å². The zero-order valence-electron chi connectivity index (χ0n) is 15.1. The van der Waals surface area contributed by atoms with Gasteiger partial charge in [-0.05, 0) is 25.1 Å². The molecule has 0 unspecified atom stereocenters. The number of aliphatic imine (C=N–C) groups is 1. The summed E-state index contributed by atoms with van der Waals surface area (Å²) >= 11 is 5.79. The van der Waals surface area contributed by atoms with E-state index >= 15 is 0 Å². The Labute approximate surface area is 158 Å². The van der Waals surface area contributed by atoms with Crippen LogP contribution in [0.15, 0.2) is 41.5 Å². The first-order valence-electron chi connectivity index (χ1n) is 8.19. The van der Waals surface area contributed by atoms with Gasteiger partial charge >= 0.3 is 0 Å². The molecule has 2 aromatic rings. The van der Waals surface area contributed by atoms with Crippen molar-refractivity contribution in [3.05, 3.63) is 41.6 Å². The molecule has 2 rings (SSSR count). The number of nitrogens with zero attached hydrogens (tertiary/aromatic N) is 2. The maximum Gasteiger partial charge on any atom is 0.213 e. The molecule has 0 saturated heterocycles. The minimum absolute atomic E-state index is 0.432. The van der Waals surface area contributed by atoms with E-state index in [1.54, 1.807) is 32.5 Å². The van der Waals surface area contributed by atoms with Crippen LogP contribution in [-0.2, 0) is 0 Å². The molecule has 0 atom stereocenters. The zero-order chi connectivity index (χ0) is 18.8. The van der Waals surface area contributed by atoms with Crippen LogP contribution in [0, 0.1) is 0 Å². The van der Waals surface area contributed by atoms with Crippen molar-refractivity contribution in [3.63, 3.8) is 0 Å². The zero-order valence-corrected chi connectivity index (χ0v) is 15.8. The monoisotopic (exact) mass is 378 g/mol. The second-order valence-electron chi connectivity index (χ2n) is 5.09. The van der Waals surface area contributed by atoms with Crippen molar-refractivity contribution in [3.8, 4) is 17.4 Å². The van der Waals surface area contributed by atoms with Crippen LogP contribution in [0.1, 0.15) is 6.92 Å². The highest BCUT2D eigenvalue weighted by atomic mass is 35.5. The molecule has 0 radical (unpaired) electrons. The van der Waals surface area contributed by atoms with E-state index in [0.717, 1.165) is 5.69 Å². The van der Waals surface area contributed by atoms with E-state index in [2.05, 4.69) is 20.6 Å². The van der Waals surface area contributed by atoms with Crippen molar-refractivity contribution in [2.45, 2.75) is 6.92 Å². The highest BCUT2D eigenvalue weighted by Gasteiger charge is 2.07. The molecule has 8 heteroatoms. The second-order valence-corrected chi connectivity index (χ2v) is 5.52. The summed E-state index contributed by atoms with van der Waals surface area (Å²) in [7, 11) is 3.31. The SMILES string of the molecule is CCOc1ccc(NC(=NC)NCCOc2ccc(Cl)cn2)cc1OC. The number of hydrogen-bond donors (Lipinski definition) is 2. The largest absolute Gasteiger partial charge is 0.493 e. The van der Waals surface area contributed by atoms with Crippen LogP contribution >= 0.6 is 11.6 Å². The van der Waals surface area contributed by atoms with Crippen molar-refractivity contribution in [1.82, 2.24) is 10.3 Å². The van der Waals surface area contributed by atoms with E-state index in [1.807, 2.05) is 25.1 Å². The molecular weight excluding hydrogens is 356 g/mol. The number of nitrogens with one attached hydrogen (secondary N) is 2. The summed E-state index contributed by atoms with van der Waals surface area (Å²) in [5.74, 6) is 2.50. The van der Waals surface area contributed by atoms with Gasteiger partial charge in [-0.1, -0.05) is 11.6 Å².